The maximum atomic E-state index is 13.2. The summed E-state index contributed by atoms with van der Waals surface area (Å²) in [7, 11) is 1.48. The first kappa shape index (κ1) is 26.4. The summed E-state index contributed by atoms with van der Waals surface area (Å²) in [6.45, 7) is 0.0676. The molecular formula is C24H21ClI2N2O5. The third kappa shape index (κ3) is 7.37. The minimum Gasteiger partial charge on any atom is -0.506 e. The van der Waals surface area contributed by atoms with Crippen molar-refractivity contribution in [3.8, 4) is 11.5 Å². The van der Waals surface area contributed by atoms with Gasteiger partial charge >= 0.3 is 6.09 Å². The average molecular weight is 707 g/mol. The number of anilines is 1. The Labute approximate surface area is 229 Å². The maximum Gasteiger partial charge on any atom is 0.408 e. The molecule has 0 heterocycles. The Balaban J connectivity index is 1.79. The molecule has 2 amide bonds. The Hall–Kier alpha value is -2.25. The van der Waals surface area contributed by atoms with Crippen LogP contribution < -0.4 is 15.4 Å². The van der Waals surface area contributed by atoms with E-state index in [1.165, 1.54) is 7.11 Å². The zero-order valence-electron chi connectivity index (χ0n) is 18.0. The first-order chi connectivity index (χ1) is 16.3. The number of carbonyl (C=O) groups excluding carboxylic acids is 2. The van der Waals surface area contributed by atoms with Gasteiger partial charge in [0.25, 0.3) is 0 Å². The molecule has 10 heteroatoms. The molecule has 0 unspecified atom stereocenters. The van der Waals surface area contributed by atoms with Crippen molar-refractivity contribution in [3.63, 3.8) is 0 Å². The number of carbonyl (C=O) groups is 2. The van der Waals surface area contributed by atoms with Gasteiger partial charge in [0.1, 0.15) is 24.1 Å². The van der Waals surface area contributed by atoms with Crippen LogP contribution in [0, 0.1) is 7.14 Å². The second-order valence-corrected chi connectivity index (χ2v) is 9.97. The summed E-state index contributed by atoms with van der Waals surface area (Å²) in [5.41, 5.74) is 1.96. The molecule has 3 N–H and O–H groups in total. The first-order valence-electron chi connectivity index (χ1n) is 10.1. The van der Waals surface area contributed by atoms with Crippen molar-refractivity contribution in [2.75, 3.05) is 12.4 Å². The third-order valence-electron chi connectivity index (χ3n) is 4.76. The van der Waals surface area contributed by atoms with E-state index in [9.17, 15) is 14.7 Å². The Bertz CT molecular complexity index is 1150. The van der Waals surface area contributed by atoms with Gasteiger partial charge in [0.15, 0.2) is 0 Å². The van der Waals surface area contributed by atoms with Crippen LogP contribution >= 0.6 is 56.8 Å². The summed E-state index contributed by atoms with van der Waals surface area (Å²) in [6, 6.07) is 16.6. The van der Waals surface area contributed by atoms with E-state index < -0.39 is 18.0 Å². The molecule has 178 valence electrons. The van der Waals surface area contributed by atoms with Crippen LogP contribution in [0.4, 0.5) is 10.5 Å². The highest BCUT2D eigenvalue weighted by molar-refractivity contribution is 14.1. The molecule has 0 aliphatic rings. The fourth-order valence-corrected chi connectivity index (χ4v) is 5.15. The van der Waals surface area contributed by atoms with Crippen molar-refractivity contribution < 1.29 is 24.2 Å². The molecule has 0 fully saturated rings. The Morgan fingerprint density at radius 1 is 1.03 bits per heavy atom. The molecule has 0 radical (unpaired) electrons. The van der Waals surface area contributed by atoms with Crippen LogP contribution in [-0.4, -0.2) is 30.3 Å². The van der Waals surface area contributed by atoms with Crippen LogP contribution in [0.3, 0.4) is 0 Å². The minimum absolute atomic E-state index is 0.0676. The molecular weight excluding hydrogens is 686 g/mol. The van der Waals surface area contributed by atoms with E-state index >= 15 is 0 Å². The molecule has 3 aromatic rings. The first-order valence-corrected chi connectivity index (χ1v) is 12.6. The summed E-state index contributed by atoms with van der Waals surface area (Å²) in [6.07, 6.45) is -0.563. The van der Waals surface area contributed by atoms with Gasteiger partial charge < -0.3 is 25.2 Å². The van der Waals surface area contributed by atoms with E-state index in [2.05, 4.69) is 10.6 Å². The number of methoxy groups -OCH3 is 1. The monoisotopic (exact) mass is 706 g/mol. The van der Waals surface area contributed by atoms with E-state index in [4.69, 9.17) is 21.1 Å². The van der Waals surface area contributed by atoms with Crippen LogP contribution in [0.1, 0.15) is 11.1 Å². The summed E-state index contributed by atoms with van der Waals surface area (Å²) >= 11 is 10.1. The van der Waals surface area contributed by atoms with Gasteiger partial charge in [-0.25, -0.2) is 4.79 Å². The van der Waals surface area contributed by atoms with E-state index in [0.717, 1.165) is 11.1 Å². The largest absolute Gasteiger partial charge is 0.506 e. The second kappa shape index (κ2) is 12.5. The lowest BCUT2D eigenvalue weighted by Gasteiger charge is -2.20. The van der Waals surface area contributed by atoms with E-state index in [1.54, 1.807) is 30.3 Å². The fourth-order valence-electron chi connectivity index (χ4n) is 3.09. The molecule has 3 aromatic carbocycles. The van der Waals surface area contributed by atoms with E-state index in [0.29, 0.717) is 23.6 Å². The molecule has 3 rings (SSSR count). The summed E-state index contributed by atoms with van der Waals surface area (Å²) in [5, 5.41) is 15.9. The normalized spacial score (nSPS) is 11.4. The molecule has 34 heavy (non-hydrogen) atoms. The Morgan fingerprint density at radius 3 is 2.35 bits per heavy atom. The van der Waals surface area contributed by atoms with Gasteiger partial charge in [-0.05, 0) is 86.6 Å². The number of phenolic OH excluding ortho intramolecular Hbond substituents is 1. The predicted octanol–water partition coefficient (Wildman–Crippen LogP) is 5.74. The second-order valence-electron chi connectivity index (χ2n) is 7.20. The van der Waals surface area contributed by atoms with Crippen LogP contribution in [0.25, 0.3) is 0 Å². The topological polar surface area (TPSA) is 96.9 Å². The number of halogens is 3. The van der Waals surface area contributed by atoms with Crippen molar-refractivity contribution in [1.29, 1.82) is 0 Å². The number of nitrogens with one attached hydrogen (secondary N) is 2. The van der Waals surface area contributed by atoms with Gasteiger partial charge in [-0.15, -0.1) is 0 Å². The highest BCUT2D eigenvalue weighted by Crippen LogP contribution is 2.29. The van der Waals surface area contributed by atoms with Crippen molar-refractivity contribution in [1.82, 2.24) is 5.32 Å². The summed E-state index contributed by atoms with van der Waals surface area (Å²) in [4.78, 5) is 25.7. The minimum atomic E-state index is -0.969. The predicted molar refractivity (Wildman–Crippen MR) is 147 cm³/mol. The van der Waals surface area contributed by atoms with Crippen LogP contribution in [0.15, 0.2) is 60.7 Å². The van der Waals surface area contributed by atoms with Gasteiger partial charge in [0.05, 0.1) is 19.9 Å². The number of ether oxygens (including phenoxy) is 2. The molecule has 0 aromatic heterocycles. The average Bonchev–Trinajstić information content (AvgIpc) is 2.81. The lowest BCUT2D eigenvalue weighted by molar-refractivity contribution is -0.118. The number of hydrogen-bond donors (Lipinski definition) is 3. The fraction of sp³-hybridized carbons (Fsp3) is 0.167. The van der Waals surface area contributed by atoms with Gasteiger partial charge in [-0.2, -0.15) is 0 Å². The SMILES string of the molecule is COc1ccc(Cl)cc1NC(=O)[C@H](Cc1cc(I)c(O)c(I)c1)NC(=O)OCc1ccccc1. The molecule has 0 aliphatic heterocycles. The molecule has 0 spiro atoms. The highest BCUT2D eigenvalue weighted by atomic mass is 127. The van der Waals surface area contributed by atoms with Crippen molar-refractivity contribution >= 4 is 74.5 Å². The van der Waals surface area contributed by atoms with Crippen molar-refractivity contribution in [2.24, 2.45) is 0 Å². The van der Waals surface area contributed by atoms with E-state index in [-0.39, 0.29) is 18.8 Å². The lowest BCUT2D eigenvalue weighted by atomic mass is 10.0. The zero-order valence-corrected chi connectivity index (χ0v) is 23.1. The number of benzene rings is 3. The highest BCUT2D eigenvalue weighted by Gasteiger charge is 2.24. The zero-order chi connectivity index (χ0) is 24.7. The number of aromatic hydroxyl groups is 1. The number of alkyl carbamates (subject to hydrolysis) is 1. The smallest absolute Gasteiger partial charge is 0.408 e. The molecule has 7 nitrogen and oxygen atoms in total. The van der Waals surface area contributed by atoms with Gasteiger partial charge in [0.2, 0.25) is 5.91 Å². The summed E-state index contributed by atoms with van der Waals surface area (Å²) < 4.78 is 11.9. The summed E-state index contributed by atoms with van der Waals surface area (Å²) in [5.74, 6) is 0.122. The molecule has 0 saturated carbocycles. The Morgan fingerprint density at radius 2 is 1.71 bits per heavy atom. The van der Waals surface area contributed by atoms with Crippen LogP contribution in [0.2, 0.25) is 5.02 Å². The number of amides is 2. The molecule has 0 bridgehead atoms. The number of phenols is 1. The van der Waals surface area contributed by atoms with Crippen molar-refractivity contribution in [2.45, 2.75) is 19.1 Å². The van der Waals surface area contributed by atoms with Gasteiger partial charge in [-0.1, -0.05) is 41.9 Å². The molecule has 1 atom stereocenters. The Kier molecular flexibility index (Phi) is 9.65. The van der Waals surface area contributed by atoms with E-state index in [1.807, 2.05) is 75.5 Å². The molecule has 0 aliphatic carbocycles. The number of hydrogen-bond acceptors (Lipinski definition) is 5. The standard InChI is InChI=1S/C24H21ClI2N2O5/c1-33-21-8-7-16(25)12-19(21)28-23(31)20(11-15-9-17(26)22(30)18(27)10-15)29-24(32)34-13-14-5-3-2-4-6-14/h2-10,12,20,30H,11,13H2,1H3,(H,28,31)(H,29,32)/t20-/m0/s1. The van der Waals surface area contributed by atoms with Gasteiger partial charge in [0, 0.05) is 11.4 Å². The van der Waals surface area contributed by atoms with Crippen LogP contribution in [-0.2, 0) is 22.6 Å². The van der Waals surface area contributed by atoms with Gasteiger partial charge in [-0.3, -0.25) is 4.79 Å². The number of rotatable bonds is 8. The van der Waals surface area contributed by atoms with Crippen LogP contribution in [0.5, 0.6) is 11.5 Å². The maximum absolute atomic E-state index is 13.2. The third-order valence-corrected chi connectivity index (χ3v) is 6.64. The van der Waals surface area contributed by atoms with Crippen molar-refractivity contribution in [3.05, 3.63) is 84.0 Å². The lowest BCUT2D eigenvalue weighted by Crippen LogP contribution is -2.45. The quantitative estimate of drug-likeness (QED) is 0.260. The molecule has 0 saturated heterocycles.